The molecule has 0 saturated heterocycles. The van der Waals surface area contributed by atoms with Crippen LogP contribution in [0.15, 0.2) is 53.9 Å². The summed E-state index contributed by atoms with van der Waals surface area (Å²) in [5.41, 5.74) is 0.172. The number of halogens is 1. The Morgan fingerprint density at radius 1 is 1.11 bits per heavy atom. The maximum Gasteiger partial charge on any atom is 0.123 e. The van der Waals surface area contributed by atoms with Gasteiger partial charge in [-0.15, -0.1) is 11.3 Å². The fourth-order valence-electron chi connectivity index (χ4n) is 2.32. The molecule has 3 rings (SSSR count). The Bertz CT molecular complexity index is 730. The van der Waals surface area contributed by atoms with Crippen LogP contribution in [0.2, 0.25) is 0 Å². The SMILES string of the molecule is CC(O)(c1cccc(F)c1)c1cccc2ccsc12. The Labute approximate surface area is 115 Å². The summed E-state index contributed by atoms with van der Waals surface area (Å²) in [4.78, 5) is 0. The van der Waals surface area contributed by atoms with Gasteiger partial charge in [0.05, 0.1) is 0 Å². The van der Waals surface area contributed by atoms with Gasteiger partial charge >= 0.3 is 0 Å². The fourth-order valence-corrected chi connectivity index (χ4v) is 3.34. The second kappa shape index (κ2) is 4.44. The minimum atomic E-state index is -1.20. The van der Waals surface area contributed by atoms with Crippen LogP contribution in [0.4, 0.5) is 4.39 Å². The lowest BCUT2D eigenvalue weighted by molar-refractivity contribution is 0.104. The van der Waals surface area contributed by atoms with Crippen LogP contribution in [0.25, 0.3) is 10.1 Å². The molecule has 0 spiro atoms. The van der Waals surface area contributed by atoms with Crippen molar-refractivity contribution in [3.63, 3.8) is 0 Å². The van der Waals surface area contributed by atoms with E-state index in [4.69, 9.17) is 0 Å². The zero-order valence-corrected chi connectivity index (χ0v) is 11.2. The van der Waals surface area contributed by atoms with Crippen molar-refractivity contribution < 1.29 is 9.50 Å². The van der Waals surface area contributed by atoms with Gasteiger partial charge in [0.15, 0.2) is 0 Å². The third kappa shape index (κ3) is 2.05. The molecule has 0 fully saturated rings. The summed E-state index contributed by atoms with van der Waals surface area (Å²) in [6.45, 7) is 1.70. The monoisotopic (exact) mass is 272 g/mol. The van der Waals surface area contributed by atoms with Gasteiger partial charge in [-0.1, -0.05) is 30.3 Å². The van der Waals surface area contributed by atoms with Crippen LogP contribution in [0, 0.1) is 5.82 Å². The van der Waals surface area contributed by atoms with Crippen molar-refractivity contribution >= 4 is 21.4 Å². The highest BCUT2D eigenvalue weighted by Gasteiger charge is 2.28. The van der Waals surface area contributed by atoms with E-state index in [2.05, 4.69) is 0 Å². The zero-order valence-electron chi connectivity index (χ0n) is 10.4. The van der Waals surface area contributed by atoms with E-state index in [9.17, 15) is 9.50 Å². The smallest absolute Gasteiger partial charge is 0.123 e. The predicted molar refractivity (Wildman–Crippen MR) is 76.9 cm³/mol. The molecular formula is C16H13FOS. The van der Waals surface area contributed by atoms with Crippen molar-refractivity contribution in [3.05, 3.63) is 70.9 Å². The minimum Gasteiger partial charge on any atom is -0.381 e. The molecule has 96 valence electrons. The van der Waals surface area contributed by atoms with Crippen LogP contribution in [0.1, 0.15) is 18.1 Å². The average Bonchev–Trinajstić information content (AvgIpc) is 2.86. The molecule has 3 heteroatoms. The third-order valence-corrected chi connectivity index (χ3v) is 4.35. The van der Waals surface area contributed by atoms with Gasteiger partial charge in [0.2, 0.25) is 0 Å². The Kier molecular flexibility index (Phi) is 2.88. The predicted octanol–water partition coefficient (Wildman–Crippen LogP) is 4.30. The summed E-state index contributed by atoms with van der Waals surface area (Å²) in [6.07, 6.45) is 0. The topological polar surface area (TPSA) is 20.2 Å². The Morgan fingerprint density at radius 3 is 2.68 bits per heavy atom. The van der Waals surface area contributed by atoms with E-state index in [-0.39, 0.29) is 5.82 Å². The second-order valence-electron chi connectivity index (χ2n) is 4.73. The number of aliphatic hydroxyl groups is 1. The van der Waals surface area contributed by atoms with Crippen LogP contribution in [-0.4, -0.2) is 5.11 Å². The number of fused-ring (bicyclic) bond motifs is 1. The first-order valence-electron chi connectivity index (χ1n) is 6.04. The Hall–Kier alpha value is -1.71. The van der Waals surface area contributed by atoms with Crippen molar-refractivity contribution in [2.75, 3.05) is 0 Å². The molecule has 1 nitrogen and oxygen atoms in total. The molecule has 19 heavy (non-hydrogen) atoms. The van der Waals surface area contributed by atoms with Crippen LogP contribution >= 0.6 is 11.3 Å². The number of hydrogen-bond donors (Lipinski definition) is 1. The molecule has 1 atom stereocenters. The van der Waals surface area contributed by atoms with Crippen LogP contribution in [-0.2, 0) is 5.60 Å². The highest BCUT2D eigenvalue weighted by molar-refractivity contribution is 7.17. The van der Waals surface area contributed by atoms with Gasteiger partial charge in [0, 0.05) is 10.3 Å². The van der Waals surface area contributed by atoms with E-state index in [0.29, 0.717) is 5.56 Å². The molecule has 0 bridgehead atoms. The summed E-state index contributed by atoms with van der Waals surface area (Å²) in [5.74, 6) is -0.337. The van der Waals surface area contributed by atoms with Gasteiger partial charge in [0.25, 0.3) is 0 Å². The molecule has 0 radical (unpaired) electrons. The van der Waals surface area contributed by atoms with Gasteiger partial charge < -0.3 is 5.11 Å². The van der Waals surface area contributed by atoms with Crippen molar-refractivity contribution in [2.24, 2.45) is 0 Å². The summed E-state index contributed by atoms with van der Waals surface area (Å²) >= 11 is 1.59. The largest absolute Gasteiger partial charge is 0.381 e. The molecule has 2 aromatic carbocycles. The first kappa shape index (κ1) is 12.3. The lowest BCUT2D eigenvalue weighted by Crippen LogP contribution is -2.23. The van der Waals surface area contributed by atoms with E-state index in [1.54, 1.807) is 30.4 Å². The van der Waals surface area contributed by atoms with Crippen molar-refractivity contribution in [2.45, 2.75) is 12.5 Å². The standard InChI is InChI=1S/C16H13FOS/c1-16(18,12-5-3-6-13(17)10-12)14-7-2-4-11-8-9-19-15(11)14/h2-10,18H,1H3. The van der Waals surface area contributed by atoms with Crippen molar-refractivity contribution in [1.29, 1.82) is 0 Å². The maximum absolute atomic E-state index is 13.4. The lowest BCUT2D eigenvalue weighted by Gasteiger charge is -2.25. The van der Waals surface area contributed by atoms with E-state index in [1.165, 1.54) is 12.1 Å². The Morgan fingerprint density at radius 2 is 1.89 bits per heavy atom. The zero-order chi connectivity index (χ0) is 13.5. The molecule has 0 amide bonds. The number of benzene rings is 2. The first-order chi connectivity index (χ1) is 9.09. The van der Waals surface area contributed by atoms with Gasteiger partial charge in [0.1, 0.15) is 11.4 Å². The van der Waals surface area contributed by atoms with Crippen molar-refractivity contribution in [3.8, 4) is 0 Å². The average molecular weight is 272 g/mol. The van der Waals surface area contributed by atoms with Crippen LogP contribution in [0.3, 0.4) is 0 Å². The van der Waals surface area contributed by atoms with E-state index in [0.717, 1.165) is 15.6 Å². The van der Waals surface area contributed by atoms with E-state index < -0.39 is 5.60 Å². The number of rotatable bonds is 2. The van der Waals surface area contributed by atoms with Crippen LogP contribution < -0.4 is 0 Å². The van der Waals surface area contributed by atoms with E-state index in [1.807, 2.05) is 29.6 Å². The Balaban J connectivity index is 2.21. The van der Waals surface area contributed by atoms with E-state index >= 15 is 0 Å². The minimum absolute atomic E-state index is 0.337. The molecule has 3 aromatic rings. The molecule has 1 unspecified atom stereocenters. The molecule has 0 aliphatic rings. The lowest BCUT2D eigenvalue weighted by atomic mass is 9.87. The maximum atomic E-state index is 13.4. The third-order valence-electron chi connectivity index (χ3n) is 3.39. The van der Waals surface area contributed by atoms with Crippen molar-refractivity contribution in [1.82, 2.24) is 0 Å². The normalized spacial score (nSPS) is 14.5. The summed E-state index contributed by atoms with van der Waals surface area (Å²) in [5, 5.41) is 13.9. The quantitative estimate of drug-likeness (QED) is 0.737. The fraction of sp³-hybridized carbons (Fsp3) is 0.125. The molecule has 0 aliphatic carbocycles. The van der Waals surface area contributed by atoms with Gasteiger partial charge in [-0.3, -0.25) is 0 Å². The molecule has 1 heterocycles. The van der Waals surface area contributed by atoms with Gasteiger partial charge in [-0.2, -0.15) is 0 Å². The number of thiophene rings is 1. The van der Waals surface area contributed by atoms with Gasteiger partial charge in [-0.05, 0) is 41.5 Å². The molecular weight excluding hydrogens is 259 g/mol. The van der Waals surface area contributed by atoms with Gasteiger partial charge in [-0.25, -0.2) is 4.39 Å². The molecule has 0 aliphatic heterocycles. The second-order valence-corrected chi connectivity index (χ2v) is 5.64. The highest BCUT2D eigenvalue weighted by Crippen LogP contribution is 2.36. The molecule has 1 aromatic heterocycles. The summed E-state index contributed by atoms with van der Waals surface area (Å²) < 4.78 is 14.4. The highest BCUT2D eigenvalue weighted by atomic mass is 32.1. The first-order valence-corrected chi connectivity index (χ1v) is 6.92. The number of hydrogen-bond acceptors (Lipinski definition) is 2. The summed E-state index contributed by atoms with van der Waals surface area (Å²) in [7, 11) is 0. The summed E-state index contributed by atoms with van der Waals surface area (Å²) in [6, 6.07) is 14.0. The molecule has 0 saturated carbocycles. The van der Waals surface area contributed by atoms with Crippen LogP contribution in [0.5, 0.6) is 0 Å². The molecule has 1 N–H and O–H groups in total.